The first-order valence-corrected chi connectivity index (χ1v) is 6.09. The Bertz CT molecular complexity index is 314. The fourth-order valence-corrected chi connectivity index (χ4v) is 2.28. The Labute approximate surface area is 96.8 Å². The topological polar surface area (TPSA) is 46.0 Å². The van der Waals surface area contributed by atoms with Crippen molar-refractivity contribution in [1.82, 2.24) is 25.2 Å². The summed E-state index contributed by atoms with van der Waals surface area (Å²) in [5, 5.41) is 11.6. The Hall–Kier alpha value is -0.940. The molecular weight excluding hydrogens is 202 g/mol. The molecule has 1 aromatic heterocycles. The molecule has 0 atom stereocenters. The molecule has 1 N–H and O–H groups in total. The summed E-state index contributed by atoms with van der Waals surface area (Å²) in [5.74, 6) is 0. The quantitative estimate of drug-likeness (QED) is 0.802. The van der Waals surface area contributed by atoms with E-state index in [1.165, 1.54) is 12.8 Å². The molecule has 90 valence electrons. The van der Waals surface area contributed by atoms with Crippen LogP contribution in [0.25, 0.3) is 0 Å². The molecular formula is C11H21N5. The van der Waals surface area contributed by atoms with Gasteiger partial charge in [-0.1, -0.05) is 12.1 Å². The first-order chi connectivity index (χ1) is 7.78. The summed E-state index contributed by atoms with van der Waals surface area (Å²) in [5.41, 5.74) is 1.07. The molecule has 5 nitrogen and oxygen atoms in total. The van der Waals surface area contributed by atoms with Gasteiger partial charge >= 0.3 is 0 Å². The fraction of sp³-hybridized carbons (Fsp3) is 0.818. The zero-order chi connectivity index (χ0) is 11.4. The Balaban J connectivity index is 1.77. The van der Waals surface area contributed by atoms with Crippen LogP contribution in [0.2, 0.25) is 0 Å². The molecule has 16 heavy (non-hydrogen) atoms. The summed E-state index contributed by atoms with van der Waals surface area (Å²) in [6, 6.07) is 0.711. The molecule has 1 aromatic rings. The number of hydrogen-bond donors (Lipinski definition) is 1. The number of aromatic nitrogens is 3. The minimum absolute atomic E-state index is 0.711. The van der Waals surface area contributed by atoms with E-state index in [1.54, 1.807) is 4.68 Å². The predicted octanol–water partition coefficient (Wildman–Crippen LogP) is 0.389. The van der Waals surface area contributed by atoms with Crippen LogP contribution >= 0.6 is 0 Å². The van der Waals surface area contributed by atoms with Crippen LogP contribution in [0.4, 0.5) is 0 Å². The summed E-state index contributed by atoms with van der Waals surface area (Å²) in [4.78, 5) is 2.46. The van der Waals surface area contributed by atoms with Crippen molar-refractivity contribution in [1.29, 1.82) is 0 Å². The highest BCUT2D eigenvalue weighted by molar-refractivity contribution is 4.92. The van der Waals surface area contributed by atoms with Crippen LogP contribution in [-0.2, 0) is 13.6 Å². The zero-order valence-electron chi connectivity index (χ0n) is 10.2. The SMILES string of the molecule is CCNC1CCN(Cc2cn(C)nn2)CC1. The fourth-order valence-electron chi connectivity index (χ4n) is 2.28. The predicted molar refractivity (Wildman–Crippen MR) is 63.0 cm³/mol. The van der Waals surface area contributed by atoms with Gasteiger partial charge in [0.25, 0.3) is 0 Å². The second-order valence-corrected chi connectivity index (χ2v) is 4.49. The second kappa shape index (κ2) is 5.41. The molecule has 1 saturated heterocycles. The largest absolute Gasteiger partial charge is 0.314 e. The van der Waals surface area contributed by atoms with Crippen molar-refractivity contribution in [3.8, 4) is 0 Å². The summed E-state index contributed by atoms with van der Waals surface area (Å²) >= 11 is 0. The summed E-state index contributed by atoms with van der Waals surface area (Å²) in [7, 11) is 1.91. The highest BCUT2D eigenvalue weighted by Crippen LogP contribution is 2.12. The highest BCUT2D eigenvalue weighted by Gasteiger charge is 2.18. The molecule has 1 aliphatic heterocycles. The van der Waals surface area contributed by atoms with Gasteiger partial charge in [-0.05, 0) is 19.4 Å². The van der Waals surface area contributed by atoms with Gasteiger partial charge in [0.15, 0.2) is 0 Å². The number of piperidine rings is 1. The van der Waals surface area contributed by atoms with E-state index in [-0.39, 0.29) is 0 Å². The average Bonchev–Trinajstić information content (AvgIpc) is 2.67. The molecule has 2 rings (SSSR count). The van der Waals surface area contributed by atoms with E-state index in [1.807, 2.05) is 13.2 Å². The lowest BCUT2D eigenvalue weighted by molar-refractivity contribution is 0.190. The Morgan fingerprint density at radius 1 is 1.44 bits per heavy atom. The first-order valence-electron chi connectivity index (χ1n) is 6.09. The van der Waals surface area contributed by atoms with E-state index in [0.29, 0.717) is 6.04 Å². The maximum Gasteiger partial charge on any atom is 0.0966 e. The third-order valence-corrected chi connectivity index (χ3v) is 3.12. The van der Waals surface area contributed by atoms with Crippen molar-refractivity contribution < 1.29 is 0 Å². The number of hydrogen-bond acceptors (Lipinski definition) is 4. The van der Waals surface area contributed by atoms with Crippen LogP contribution < -0.4 is 5.32 Å². The van der Waals surface area contributed by atoms with Crippen LogP contribution in [0.1, 0.15) is 25.5 Å². The number of aryl methyl sites for hydroxylation is 1. The zero-order valence-corrected chi connectivity index (χ0v) is 10.2. The number of likely N-dealkylation sites (tertiary alicyclic amines) is 1. The minimum Gasteiger partial charge on any atom is -0.314 e. The molecule has 0 spiro atoms. The van der Waals surface area contributed by atoms with Crippen LogP contribution in [0.5, 0.6) is 0 Å². The third-order valence-electron chi connectivity index (χ3n) is 3.12. The van der Waals surface area contributed by atoms with Gasteiger partial charge in [0.2, 0.25) is 0 Å². The van der Waals surface area contributed by atoms with Gasteiger partial charge in [-0.3, -0.25) is 9.58 Å². The van der Waals surface area contributed by atoms with Gasteiger partial charge in [-0.2, -0.15) is 0 Å². The van der Waals surface area contributed by atoms with Crippen LogP contribution in [-0.4, -0.2) is 45.6 Å². The second-order valence-electron chi connectivity index (χ2n) is 4.49. The number of nitrogens with zero attached hydrogens (tertiary/aromatic N) is 4. The molecule has 2 heterocycles. The van der Waals surface area contributed by atoms with E-state index < -0.39 is 0 Å². The number of nitrogens with one attached hydrogen (secondary N) is 1. The van der Waals surface area contributed by atoms with E-state index in [0.717, 1.165) is 31.9 Å². The Morgan fingerprint density at radius 2 is 2.19 bits per heavy atom. The van der Waals surface area contributed by atoms with Crippen molar-refractivity contribution in [2.45, 2.75) is 32.4 Å². The van der Waals surface area contributed by atoms with E-state index in [9.17, 15) is 0 Å². The first kappa shape index (κ1) is 11.5. The average molecular weight is 223 g/mol. The monoisotopic (exact) mass is 223 g/mol. The molecule has 1 aliphatic rings. The highest BCUT2D eigenvalue weighted by atomic mass is 15.4. The van der Waals surface area contributed by atoms with E-state index in [4.69, 9.17) is 0 Å². The third kappa shape index (κ3) is 3.02. The van der Waals surface area contributed by atoms with Gasteiger partial charge in [-0.15, -0.1) is 5.10 Å². The molecule has 0 amide bonds. The van der Waals surface area contributed by atoms with Gasteiger partial charge in [0.1, 0.15) is 0 Å². The molecule has 0 unspecified atom stereocenters. The van der Waals surface area contributed by atoms with Crippen molar-refractivity contribution >= 4 is 0 Å². The maximum absolute atomic E-state index is 4.12. The molecule has 0 aromatic carbocycles. The smallest absolute Gasteiger partial charge is 0.0966 e. The van der Waals surface area contributed by atoms with Crippen molar-refractivity contribution in [2.24, 2.45) is 7.05 Å². The molecule has 0 bridgehead atoms. The number of rotatable bonds is 4. The van der Waals surface area contributed by atoms with Crippen molar-refractivity contribution in [3.05, 3.63) is 11.9 Å². The minimum atomic E-state index is 0.711. The Morgan fingerprint density at radius 3 is 2.75 bits per heavy atom. The normalized spacial score (nSPS) is 19.1. The molecule has 0 aliphatic carbocycles. The van der Waals surface area contributed by atoms with E-state index in [2.05, 4.69) is 27.5 Å². The van der Waals surface area contributed by atoms with Gasteiger partial charge in [-0.25, -0.2) is 0 Å². The van der Waals surface area contributed by atoms with Crippen LogP contribution in [0.15, 0.2) is 6.20 Å². The van der Waals surface area contributed by atoms with Gasteiger partial charge < -0.3 is 5.32 Å². The van der Waals surface area contributed by atoms with Gasteiger partial charge in [0.05, 0.1) is 5.69 Å². The standard InChI is InChI=1S/C11H21N5/c1-3-12-10-4-6-16(7-5-10)9-11-8-15(2)14-13-11/h8,10,12H,3-7,9H2,1-2H3. The van der Waals surface area contributed by atoms with Gasteiger partial charge in [0, 0.05) is 38.9 Å². The lowest BCUT2D eigenvalue weighted by Crippen LogP contribution is -2.42. The van der Waals surface area contributed by atoms with Crippen LogP contribution in [0.3, 0.4) is 0 Å². The molecule has 0 radical (unpaired) electrons. The van der Waals surface area contributed by atoms with E-state index >= 15 is 0 Å². The lowest BCUT2D eigenvalue weighted by atomic mass is 10.1. The van der Waals surface area contributed by atoms with Crippen LogP contribution in [0, 0.1) is 0 Å². The lowest BCUT2D eigenvalue weighted by Gasteiger charge is -2.31. The maximum atomic E-state index is 4.12. The molecule has 5 heteroatoms. The summed E-state index contributed by atoms with van der Waals surface area (Å²) < 4.78 is 1.76. The molecule has 0 saturated carbocycles. The van der Waals surface area contributed by atoms with Crippen molar-refractivity contribution in [3.63, 3.8) is 0 Å². The summed E-state index contributed by atoms with van der Waals surface area (Å²) in [6.07, 6.45) is 4.48. The Kier molecular flexibility index (Phi) is 3.90. The van der Waals surface area contributed by atoms with Crippen molar-refractivity contribution in [2.75, 3.05) is 19.6 Å². The molecule has 1 fully saturated rings. The summed E-state index contributed by atoms with van der Waals surface area (Å²) in [6.45, 7) is 6.51.